The first-order valence-electron chi connectivity index (χ1n) is 10.9. The lowest BCUT2D eigenvalue weighted by atomic mass is 9.89. The van der Waals surface area contributed by atoms with Crippen LogP contribution >= 0.6 is 0 Å². The molecule has 0 radical (unpaired) electrons. The Balaban J connectivity index is 1.54. The van der Waals surface area contributed by atoms with Gasteiger partial charge in [-0.15, -0.1) is 0 Å². The van der Waals surface area contributed by atoms with Crippen LogP contribution in [-0.2, 0) is 0 Å². The summed E-state index contributed by atoms with van der Waals surface area (Å²) in [5, 5.41) is 5.22. The molecule has 0 amide bonds. The van der Waals surface area contributed by atoms with E-state index >= 15 is 0 Å². The highest BCUT2D eigenvalue weighted by Gasteiger charge is 2.15. The van der Waals surface area contributed by atoms with E-state index in [1.165, 1.54) is 49.4 Å². The minimum Gasteiger partial charge on any atom is -0.309 e. The van der Waals surface area contributed by atoms with Crippen LogP contribution in [0.3, 0.4) is 0 Å². The highest BCUT2D eigenvalue weighted by Crippen LogP contribution is 2.34. The maximum atomic E-state index is 2.39. The molecule has 1 heterocycles. The Morgan fingerprint density at radius 3 is 1.87 bits per heavy atom. The summed E-state index contributed by atoms with van der Waals surface area (Å²) in [6, 6.07) is 41.7. The number of rotatable bonds is 3. The highest BCUT2D eigenvalue weighted by atomic mass is 15.0. The van der Waals surface area contributed by atoms with Gasteiger partial charge in [0, 0.05) is 22.4 Å². The van der Waals surface area contributed by atoms with Gasteiger partial charge in [0.05, 0.1) is 11.0 Å². The van der Waals surface area contributed by atoms with E-state index in [1.54, 1.807) is 0 Å². The van der Waals surface area contributed by atoms with Gasteiger partial charge in [0.25, 0.3) is 0 Å². The van der Waals surface area contributed by atoms with Crippen molar-refractivity contribution in [3.8, 4) is 5.69 Å². The standard InChI is InChI=1S/C30H23N/c1-21(25-17-9-11-22-10-2-3-14-26(22)25)23-12-8-13-24(20-23)31-29-18-6-4-15-27(29)28-16-5-7-19-30(28)31/h2-21H,1H3. The van der Waals surface area contributed by atoms with Crippen molar-refractivity contribution in [3.63, 3.8) is 0 Å². The Hall–Kier alpha value is -3.84. The van der Waals surface area contributed by atoms with Crippen molar-refractivity contribution in [2.75, 3.05) is 0 Å². The van der Waals surface area contributed by atoms with Crippen LogP contribution in [0, 0.1) is 0 Å². The van der Waals surface area contributed by atoms with Crippen molar-refractivity contribution in [3.05, 3.63) is 126 Å². The first-order valence-corrected chi connectivity index (χ1v) is 10.9. The van der Waals surface area contributed by atoms with Gasteiger partial charge in [0.1, 0.15) is 0 Å². The second-order valence-corrected chi connectivity index (χ2v) is 8.25. The van der Waals surface area contributed by atoms with Crippen LogP contribution in [-0.4, -0.2) is 4.57 Å². The fourth-order valence-electron chi connectivity index (χ4n) is 4.94. The summed E-state index contributed by atoms with van der Waals surface area (Å²) in [7, 11) is 0. The predicted octanol–water partition coefficient (Wildman–Crippen LogP) is 8.09. The molecule has 1 unspecified atom stereocenters. The minimum absolute atomic E-state index is 0.305. The van der Waals surface area contributed by atoms with Gasteiger partial charge in [-0.25, -0.2) is 0 Å². The molecular weight excluding hydrogens is 374 g/mol. The second kappa shape index (κ2) is 7.14. The Kier molecular flexibility index (Phi) is 4.14. The van der Waals surface area contributed by atoms with Gasteiger partial charge in [0.15, 0.2) is 0 Å². The predicted molar refractivity (Wildman–Crippen MR) is 132 cm³/mol. The van der Waals surface area contributed by atoms with Gasteiger partial charge >= 0.3 is 0 Å². The lowest BCUT2D eigenvalue weighted by Gasteiger charge is -2.17. The summed E-state index contributed by atoms with van der Waals surface area (Å²) in [6.07, 6.45) is 0. The smallest absolute Gasteiger partial charge is 0.0541 e. The maximum absolute atomic E-state index is 2.39. The molecule has 6 rings (SSSR count). The van der Waals surface area contributed by atoms with Gasteiger partial charge < -0.3 is 4.57 Å². The Labute approximate surface area is 182 Å². The van der Waals surface area contributed by atoms with E-state index in [1.807, 2.05) is 0 Å². The maximum Gasteiger partial charge on any atom is 0.0541 e. The molecule has 31 heavy (non-hydrogen) atoms. The topological polar surface area (TPSA) is 4.93 Å². The van der Waals surface area contributed by atoms with Gasteiger partial charge in [-0.1, -0.05) is 97.9 Å². The van der Waals surface area contributed by atoms with Crippen molar-refractivity contribution in [1.29, 1.82) is 0 Å². The molecule has 1 atom stereocenters. The van der Waals surface area contributed by atoms with Crippen molar-refractivity contribution >= 4 is 32.6 Å². The fourth-order valence-corrected chi connectivity index (χ4v) is 4.94. The molecule has 0 aliphatic heterocycles. The van der Waals surface area contributed by atoms with E-state index in [0.717, 1.165) is 0 Å². The summed E-state index contributed by atoms with van der Waals surface area (Å²) in [5.41, 5.74) is 6.41. The summed E-state index contributed by atoms with van der Waals surface area (Å²) in [5.74, 6) is 0.305. The summed E-state index contributed by atoms with van der Waals surface area (Å²) in [4.78, 5) is 0. The van der Waals surface area contributed by atoms with E-state index in [0.29, 0.717) is 5.92 Å². The van der Waals surface area contributed by atoms with Crippen LogP contribution in [0.25, 0.3) is 38.3 Å². The van der Waals surface area contributed by atoms with Gasteiger partial charge in [-0.2, -0.15) is 0 Å². The molecule has 0 aliphatic rings. The van der Waals surface area contributed by atoms with Crippen LogP contribution in [0.1, 0.15) is 24.0 Å². The van der Waals surface area contributed by atoms with Crippen molar-refractivity contribution in [2.24, 2.45) is 0 Å². The van der Waals surface area contributed by atoms with E-state index in [-0.39, 0.29) is 0 Å². The number of aromatic nitrogens is 1. The monoisotopic (exact) mass is 397 g/mol. The quantitative estimate of drug-likeness (QED) is 0.284. The Morgan fingerprint density at radius 1 is 0.548 bits per heavy atom. The molecule has 1 nitrogen and oxygen atoms in total. The number of hydrogen-bond donors (Lipinski definition) is 0. The van der Waals surface area contributed by atoms with Gasteiger partial charge in [0.2, 0.25) is 0 Å². The molecule has 0 N–H and O–H groups in total. The number of benzene rings is 5. The minimum atomic E-state index is 0.305. The molecular formula is C30H23N. The van der Waals surface area contributed by atoms with Crippen LogP contribution < -0.4 is 0 Å². The molecule has 0 aliphatic carbocycles. The van der Waals surface area contributed by atoms with Crippen LogP contribution in [0.5, 0.6) is 0 Å². The molecule has 6 aromatic rings. The zero-order valence-corrected chi connectivity index (χ0v) is 17.5. The molecule has 0 fully saturated rings. The number of hydrogen-bond acceptors (Lipinski definition) is 0. The van der Waals surface area contributed by atoms with E-state index in [2.05, 4.69) is 127 Å². The first kappa shape index (κ1) is 18.0. The van der Waals surface area contributed by atoms with Crippen LogP contribution in [0.2, 0.25) is 0 Å². The zero-order valence-electron chi connectivity index (χ0n) is 17.5. The average Bonchev–Trinajstić information content (AvgIpc) is 3.18. The summed E-state index contributed by atoms with van der Waals surface area (Å²) in [6.45, 7) is 2.31. The third-order valence-electron chi connectivity index (χ3n) is 6.50. The molecule has 148 valence electrons. The van der Waals surface area contributed by atoms with Gasteiger partial charge in [-0.3, -0.25) is 0 Å². The lowest BCUT2D eigenvalue weighted by Crippen LogP contribution is -2.00. The van der Waals surface area contributed by atoms with Crippen molar-refractivity contribution in [1.82, 2.24) is 4.57 Å². The Morgan fingerprint density at radius 2 is 1.13 bits per heavy atom. The molecule has 1 heteroatoms. The molecule has 0 bridgehead atoms. The van der Waals surface area contributed by atoms with Crippen LogP contribution in [0.4, 0.5) is 0 Å². The normalized spacial score (nSPS) is 12.5. The van der Waals surface area contributed by atoms with E-state index < -0.39 is 0 Å². The lowest BCUT2D eigenvalue weighted by molar-refractivity contribution is 0.929. The number of para-hydroxylation sites is 2. The third kappa shape index (κ3) is 2.85. The zero-order chi connectivity index (χ0) is 20.8. The molecule has 0 saturated carbocycles. The van der Waals surface area contributed by atoms with Crippen molar-refractivity contribution in [2.45, 2.75) is 12.8 Å². The highest BCUT2D eigenvalue weighted by molar-refractivity contribution is 6.09. The van der Waals surface area contributed by atoms with Gasteiger partial charge in [-0.05, 0) is 46.2 Å². The largest absolute Gasteiger partial charge is 0.309 e. The van der Waals surface area contributed by atoms with Crippen molar-refractivity contribution < 1.29 is 0 Å². The first-order chi connectivity index (χ1) is 15.3. The third-order valence-corrected chi connectivity index (χ3v) is 6.50. The number of fused-ring (bicyclic) bond motifs is 4. The average molecular weight is 398 g/mol. The fraction of sp³-hybridized carbons (Fsp3) is 0.0667. The molecule has 1 aromatic heterocycles. The van der Waals surface area contributed by atoms with E-state index in [4.69, 9.17) is 0 Å². The molecule has 0 spiro atoms. The summed E-state index contributed by atoms with van der Waals surface area (Å²) >= 11 is 0. The second-order valence-electron chi connectivity index (χ2n) is 8.25. The molecule has 5 aromatic carbocycles. The van der Waals surface area contributed by atoms with Crippen LogP contribution in [0.15, 0.2) is 115 Å². The Bertz CT molecular complexity index is 1500. The number of nitrogens with zero attached hydrogens (tertiary/aromatic N) is 1. The van der Waals surface area contributed by atoms with E-state index in [9.17, 15) is 0 Å². The molecule has 0 saturated heterocycles. The SMILES string of the molecule is CC(c1cccc(-n2c3ccccc3c3ccccc32)c1)c1cccc2ccccc12. The summed E-state index contributed by atoms with van der Waals surface area (Å²) < 4.78 is 2.39.